The second-order valence-electron chi connectivity index (χ2n) is 5.46. The number of rotatable bonds is 4. The fraction of sp³-hybridized carbons (Fsp3) is 0.467. The summed E-state index contributed by atoms with van der Waals surface area (Å²) in [7, 11) is 0. The standard InChI is InChI=1S/C15H19N3O3/c1-9-5-6-13(20-9)15-17-11(10(2)21-15)8-18-7-3-4-12(18)14(16)19/h5-6,12H,3-4,7-8H2,1-2H3,(H2,16,19)/t12-/m0/s1. The van der Waals surface area contributed by atoms with Crippen molar-refractivity contribution >= 4 is 5.91 Å². The van der Waals surface area contributed by atoms with Crippen LogP contribution >= 0.6 is 0 Å². The van der Waals surface area contributed by atoms with Crippen molar-refractivity contribution in [2.45, 2.75) is 39.3 Å². The summed E-state index contributed by atoms with van der Waals surface area (Å²) in [5.74, 6) is 2.39. The van der Waals surface area contributed by atoms with Crippen molar-refractivity contribution in [2.75, 3.05) is 6.54 Å². The molecule has 6 nitrogen and oxygen atoms in total. The van der Waals surface area contributed by atoms with Gasteiger partial charge in [0.2, 0.25) is 5.91 Å². The van der Waals surface area contributed by atoms with Crippen LogP contribution in [0.15, 0.2) is 21.0 Å². The van der Waals surface area contributed by atoms with Crippen molar-refractivity contribution in [1.82, 2.24) is 9.88 Å². The van der Waals surface area contributed by atoms with Crippen LogP contribution in [0.1, 0.15) is 30.1 Å². The Morgan fingerprint density at radius 1 is 1.43 bits per heavy atom. The number of nitrogens with two attached hydrogens (primary N) is 1. The first kappa shape index (κ1) is 13.9. The number of likely N-dealkylation sites (tertiary alicyclic amines) is 1. The average molecular weight is 289 g/mol. The van der Waals surface area contributed by atoms with Crippen LogP contribution in [0, 0.1) is 13.8 Å². The minimum Gasteiger partial charge on any atom is -0.456 e. The Bertz CT molecular complexity index is 659. The largest absolute Gasteiger partial charge is 0.456 e. The molecule has 1 aliphatic heterocycles. The summed E-state index contributed by atoms with van der Waals surface area (Å²) in [6.07, 6.45) is 1.80. The molecule has 1 atom stereocenters. The van der Waals surface area contributed by atoms with Crippen molar-refractivity contribution in [1.29, 1.82) is 0 Å². The number of carbonyl (C=O) groups is 1. The van der Waals surface area contributed by atoms with Crippen molar-refractivity contribution in [3.8, 4) is 11.7 Å². The van der Waals surface area contributed by atoms with Crippen molar-refractivity contribution in [3.05, 3.63) is 29.3 Å². The summed E-state index contributed by atoms with van der Waals surface area (Å²) >= 11 is 0. The van der Waals surface area contributed by atoms with Crippen molar-refractivity contribution < 1.29 is 13.6 Å². The number of hydrogen-bond acceptors (Lipinski definition) is 5. The van der Waals surface area contributed by atoms with E-state index in [0.717, 1.165) is 36.6 Å². The van der Waals surface area contributed by atoms with Crippen LogP contribution in [0.4, 0.5) is 0 Å². The highest BCUT2D eigenvalue weighted by Gasteiger charge is 2.30. The lowest BCUT2D eigenvalue weighted by Crippen LogP contribution is -2.39. The summed E-state index contributed by atoms with van der Waals surface area (Å²) in [4.78, 5) is 18.0. The van der Waals surface area contributed by atoms with Gasteiger partial charge in [-0.25, -0.2) is 4.98 Å². The molecule has 21 heavy (non-hydrogen) atoms. The van der Waals surface area contributed by atoms with Gasteiger partial charge in [-0.05, 0) is 45.4 Å². The highest BCUT2D eigenvalue weighted by atomic mass is 16.4. The zero-order chi connectivity index (χ0) is 15.0. The molecule has 6 heteroatoms. The third-order valence-electron chi connectivity index (χ3n) is 3.89. The molecule has 2 aromatic heterocycles. The average Bonchev–Trinajstić information content (AvgIpc) is 3.11. The summed E-state index contributed by atoms with van der Waals surface area (Å²) in [6, 6.07) is 3.51. The Hall–Kier alpha value is -2.08. The molecular formula is C15H19N3O3. The quantitative estimate of drug-likeness (QED) is 0.930. The van der Waals surface area contributed by atoms with E-state index in [1.807, 2.05) is 26.0 Å². The zero-order valence-corrected chi connectivity index (χ0v) is 12.3. The van der Waals surface area contributed by atoms with E-state index in [4.69, 9.17) is 14.6 Å². The van der Waals surface area contributed by atoms with Crippen LogP contribution in [-0.4, -0.2) is 28.4 Å². The summed E-state index contributed by atoms with van der Waals surface area (Å²) in [6.45, 7) is 5.18. The van der Waals surface area contributed by atoms with Gasteiger partial charge >= 0.3 is 0 Å². The summed E-state index contributed by atoms with van der Waals surface area (Å²) < 4.78 is 11.2. The number of oxazole rings is 1. The van der Waals surface area contributed by atoms with E-state index >= 15 is 0 Å². The van der Waals surface area contributed by atoms with Gasteiger partial charge in [0.05, 0.1) is 11.7 Å². The first-order chi connectivity index (χ1) is 10.0. The van der Waals surface area contributed by atoms with Crippen LogP contribution in [0.2, 0.25) is 0 Å². The van der Waals surface area contributed by atoms with E-state index in [2.05, 4.69) is 9.88 Å². The van der Waals surface area contributed by atoms with Crippen LogP contribution in [0.3, 0.4) is 0 Å². The predicted octanol–water partition coefficient (Wildman–Crippen LogP) is 2.00. The molecule has 0 unspecified atom stereocenters. The van der Waals surface area contributed by atoms with Gasteiger partial charge in [-0.15, -0.1) is 0 Å². The first-order valence-corrected chi connectivity index (χ1v) is 7.11. The van der Waals surface area contributed by atoms with E-state index < -0.39 is 0 Å². The minimum atomic E-state index is -0.268. The molecule has 1 aliphatic rings. The van der Waals surface area contributed by atoms with Crippen molar-refractivity contribution in [3.63, 3.8) is 0 Å². The van der Waals surface area contributed by atoms with Gasteiger partial charge in [-0.3, -0.25) is 9.69 Å². The minimum absolute atomic E-state index is 0.199. The molecule has 3 heterocycles. The number of nitrogens with zero attached hydrogens (tertiary/aromatic N) is 2. The Balaban J connectivity index is 1.80. The monoisotopic (exact) mass is 289 g/mol. The molecular weight excluding hydrogens is 270 g/mol. The van der Waals surface area contributed by atoms with Gasteiger partial charge in [0.25, 0.3) is 5.89 Å². The SMILES string of the molecule is Cc1ccc(-c2nc(CN3CCC[C@H]3C(N)=O)c(C)o2)o1. The lowest BCUT2D eigenvalue weighted by Gasteiger charge is -2.20. The molecule has 0 bridgehead atoms. The number of carbonyl (C=O) groups excluding carboxylic acids is 1. The van der Waals surface area contributed by atoms with E-state index in [-0.39, 0.29) is 11.9 Å². The molecule has 2 N–H and O–H groups in total. The molecule has 2 aromatic rings. The molecule has 0 spiro atoms. The molecule has 1 amide bonds. The lowest BCUT2D eigenvalue weighted by molar-refractivity contribution is -0.122. The van der Waals surface area contributed by atoms with E-state index in [0.29, 0.717) is 18.2 Å². The van der Waals surface area contributed by atoms with Crippen LogP contribution in [-0.2, 0) is 11.3 Å². The fourth-order valence-corrected chi connectivity index (χ4v) is 2.76. The van der Waals surface area contributed by atoms with Gasteiger partial charge in [0, 0.05) is 6.54 Å². The molecule has 1 fully saturated rings. The first-order valence-electron chi connectivity index (χ1n) is 7.11. The molecule has 0 aromatic carbocycles. The topological polar surface area (TPSA) is 85.5 Å². The van der Waals surface area contributed by atoms with Gasteiger partial charge < -0.3 is 14.6 Å². The Morgan fingerprint density at radius 3 is 2.90 bits per heavy atom. The van der Waals surface area contributed by atoms with Gasteiger partial charge in [-0.2, -0.15) is 0 Å². The van der Waals surface area contributed by atoms with E-state index in [1.165, 1.54) is 0 Å². The number of hydrogen-bond donors (Lipinski definition) is 1. The molecule has 112 valence electrons. The number of aromatic nitrogens is 1. The molecule has 0 radical (unpaired) electrons. The summed E-state index contributed by atoms with van der Waals surface area (Å²) in [5.41, 5.74) is 6.27. The van der Waals surface area contributed by atoms with E-state index in [1.54, 1.807) is 0 Å². The van der Waals surface area contributed by atoms with Crippen LogP contribution in [0.25, 0.3) is 11.7 Å². The molecule has 1 saturated heterocycles. The number of amides is 1. The maximum Gasteiger partial charge on any atom is 0.263 e. The Labute approximate surface area is 122 Å². The third kappa shape index (κ3) is 2.71. The maximum atomic E-state index is 11.4. The van der Waals surface area contributed by atoms with Gasteiger partial charge in [-0.1, -0.05) is 0 Å². The molecule has 3 rings (SSSR count). The lowest BCUT2D eigenvalue weighted by atomic mass is 10.2. The second kappa shape index (κ2) is 5.37. The summed E-state index contributed by atoms with van der Waals surface area (Å²) in [5, 5.41) is 0. The highest BCUT2D eigenvalue weighted by Crippen LogP contribution is 2.26. The predicted molar refractivity (Wildman–Crippen MR) is 76.3 cm³/mol. The third-order valence-corrected chi connectivity index (χ3v) is 3.89. The number of primary amides is 1. The second-order valence-corrected chi connectivity index (χ2v) is 5.46. The zero-order valence-electron chi connectivity index (χ0n) is 12.3. The van der Waals surface area contributed by atoms with Crippen LogP contribution in [0.5, 0.6) is 0 Å². The Morgan fingerprint density at radius 2 is 2.24 bits per heavy atom. The van der Waals surface area contributed by atoms with Gasteiger partial charge in [0.15, 0.2) is 5.76 Å². The fourth-order valence-electron chi connectivity index (χ4n) is 2.76. The molecule has 0 saturated carbocycles. The normalized spacial score (nSPS) is 19.2. The van der Waals surface area contributed by atoms with Gasteiger partial charge in [0.1, 0.15) is 11.5 Å². The Kier molecular flexibility index (Phi) is 3.55. The van der Waals surface area contributed by atoms with Crippen molar-refractivity contribution in [2.24, 2.45) is 5.73 Å². The molecule has 0 aliphatic carbocycles. The number of aryl methyl sites for hydroxylation is 2. The maximum absolute atomic E-state index is 11.4. The van der Waals surface area contributed by atoms with E-state index in [9.17, 15) is 4.79 Å². The number of furan rings is 1. The smallest absolute Gasteiger partial charge is 0.263 e. The highest BCUT2D eigenvalue weighted by molar-refractivity contribution is 5.80. The van der Waals surface area contributed by atoms with Crippen LogP contribution < -0.4 is 5.73 Å².